The summed E-state index contributed by atoms with van der Waals surface area (Å²) in [7, 11) is 0. The number of carbonyl (C=O) groups excluding carboxylic acids is 2. The zero-order valence-corrected chi connectivity index (χ0v) is 66.5. The summed E-state index contributed by atoms with van der Waals surface area (Å²) < 4.78 is 27.0. The van der Waals surface area contributed by atoms with E-state index in [1.807, 2.05) is 48.6 Å². The van der Waals surface area contributed by atoms with Gasteiger partial charge >= 0.3 is 0 Å². The maximum Gasteiger partial charge on any atom is 0.270 e. The molecule has 0 bridgehead atoms. The van der Waals surface area contributed by atoms with Gasteiger partial charge in [0.05, 0.1) is 49.9 Å². The second-order valence-corrected chi connectivity index (χ2v) is 32.2. The van der Waals surface area contributed by atoms with Gasteiger partial charge in [-0.05, 0) is 201 Å². The summed E-state index contributed by atoms with van der Waals surface area (Å²) in [5.74, 6) is 4.23. The first-order valence-corrected chi connectivity index (χ1v) is 41.7. The zero-order chi connectivity index (χ0) is 77.1. The smallest absolute Gasteiger partial charge is 0.270 e. The largest absolute Gasteiger partial charge is 0.493 e. The number of rotatable bonds is 34. The highest BCUT2D eigenvalue weighted by molar-refractivity contribution is 7.14. The number of Topliss-reactive ketones (excluding diaryl/α,β-unsaturated/α-hetero) is 2. The summed E-state index contributed by atoms with van der Waals surface area (Å²) in [6.07, 6.45) is 21.2. The zero-order valence-electron chi connectivity index (χ0n) is 64.8. The number of ether oxygens (including phenoxy) is 4. The van der Waals surface area contributed by atoms with E-state index in [4.69, 9.17) is 25.5 Å². The third-order valence-corrected chi connectivity index (χ3v) is 25.8. The Hall–Kier alpha value is -10.6. The number of allylic oxidation sites excluding steroid dienone is 6. The lowest BCUT2D eigenvalue weighted by molar-refractivity contribution is 0.103. The fraction of sp³-hybridized carbons (Fsp3) is 0.347. The van der Waals surface area contributed by atoms with Gasteiger partial charge < -0.3 is 18.9 Å². The number of hydrogen-bond acceptors (Lipinski definition) is 11. The van der Waals surface area contributed by atoms with E-state index in [1.165, 1.54) is 0 Å². The summed E-state index contributed by atoms with van der Waals surface area (Å²) >= 11 is 3.21. The topological polar surface area (TPSA) is 147 Å². The highest BCUT2D eigenvalue weighted by atomic mass is 32.1. The first-order valence-electron chi connectivity index (χ1n) is 40.0. The van der Waals surface area contributed by atoms with Gasteiger partial charge in [-0.25, -0.2) is 10.1 Å². The van der Waals surface area contributed by atoms with Crippen LogP contribution in [0.15, 0.2) is 192 Å². The molecule has 13 rings (SSSR count). The van der Waals surface area contributed by atoms with Gasteiger partial charge in [0.15, 0.2) is 11.6 Å². The van der Waals surface area contributed by atoms with Gasteiger partial charge in [0.1, 0.15) is 40.7 Å². The van der Waals surface area contributed by atoms with Crippen LogP contribution in [0.3, 0.4) is 0 Å². The van der Waals surface area contributed by atoms with Crippen LogP contribution in [0.2, 0.25) is 0 Å². The lowest BCUT2D eigenvalue weighted by Gasteiger charge is -2.35. The van der Waals surface area contributed by atoms with E-state index in [1.54, 1.807) is 34.8 Å². The van der Waals surface area contributed by atoms with Gasteiger partial charge in [-0.1, -0.05) is 230 Å². The van der Waals surface area contributed by atoms with Crippen molar-refractivity contribution in [2.45, 2.75) is 169 Å². The molecule has 0 saturated heterocycles. The third kappa shape index (κ3) is 14.8. The lowest BCUT2D eigenvalue weighted by atomic mass is 9.68. The van der Waals surface area contributed by atoms with Crippen molar-refractivity contribution in [2.24, 2.45) is 23.7 Å². The number of fused-ring (bicyclic) bond motifs is 8. The van der Waals surface area contributed by atoms with Crippen LogP contribution in [0, 0.1) is 64.2 Å². The molecule has 0 spiro atoms. The second-order valence-electron chi connectivity index (χ2n) is 30.0. The highest BCUT2D eigenvalue weighted by Gasteiger charge is 2.54. The summed E-state index contributed by atoms with van der Waals surface area (Å²) in [4.78, 5) is 37.3. The molecule has 558 valence electrons. The standard InChI is InChI=1S/C98H98N4O6S2/c1-10-18-26-63(14-5)59-105-72-42-34-68(35-43-72)97(69-36-44-73(45-37-69)106-60-64(15-6)27-19-11-2)88-55-83-85-51-77(53-87-92(90(58-101)102-9)79-31-23-25-33-81(79)94(87)104)110-96(85)98(70-38-46-74(47-39-70)107-61-65(16-7)28-20-12-3,71-40-48-75(49-41-71)108-62-66(17-8)29-21-13-4)89(83)54-82(88)84-50-76(109-95(84)97)52-86-91(67(56-99)57-100)78-30-22-24-32-80(78)93(86)103/h22-25,30-55,63-66H,10-21,26-29,59-62H2,1-8H3/b86-52-,87-53-,92-90+. The Kier molecular flexibility index (Phi) is 24.7. The first-order chi connectivity index (χ1) is 53.8. The van der Waals surface area contributed by atoms with E-state index in [-0.39, 0.29) is 28.4 Å². The van der Waals surface area contributed by atoms with Crippen molar-refractivity contribution in [1.29, 1.82) is 15.8 Å². The molecule has 4 aliphatic carbocycles. The summed E-state index contributed by atoms with van der Waals surface area (Å²) in [6, 6.07) is 64.8. The Morgan fingerprint density at radius 3 is 1.01 bits per heavy atom. The van der Waals surface area contributed by atoms with Crippen LogP contribution in [0.1, 0.15) is 243 Å². The summed E-state index contributed by atoms with van der Waals surface area (Å²) in [6.45, 7) is 28.6. The fourth-order valence-corrected chi connectivity index (χ4v) is 19.7. The molecule has 9 aromatic rings. The molecule has 0 N–H and O–H groups in total. The van der Waals surface area contributed by atoms with Crippen LogP contribution in [-0.4, -0.2) is 38.0 Å². The number of ketones is 2. The van der Waals surface area contributed by atoms with Crippen molar-refractivity contribution in [1.82, 2.24) is 0 Å². The van der Waals surface area contributed by atoms with Crippen molar-refractivity contribution in [3.8, 4) is 63.5 Å². The van der Waals surface area contributed by atoms with Crippen LogP contribution in [0.4, 0.5) is 0 Å². The maximum absolute atomic E-state index is 15.0. The van der Waals surface area contributed by atoms with Crippen LogP contribution in [0.5, 0.6) is 23.0 Å². The molecule has 110 heavy (non-hydrogen) atoms. The molecule has 0 radical (unpaired) electrons. The minimum Gasteiger partial charge on any atom is -0.493 e. The molecule has 2 heterocycles. The van der Waals surface area contributed by atoms with Gasteiger partial charge in [-0.3, -0.25) is 9.59 Å². The molecule has 7 aromatic carbocycles. The van der Waals surface area contributed by atoms with E-state index in [0.717, 1.165) is 201 Å². The molecule has 2 aromatic heterocycles. The predicted molar refractivity (Wildman–Crippen MR) is 447 cm³/mol. The summed E-state index contributed by atoms with van der Waals surface area (Å²) in [5, 5.41) is 31.9. The van der Waals surface area contributed by atoms with Crippen LogP contribution >= 0.6 is 22.7 Å². The number of nitrogens with zero attached hydrogens (tertiary/aromatic N) is 4. The van der Waals surface area contributed by atoms with Crippen LogP contribution in [-0.2, 0) is 10.8 Å². The fourth-order valence-electron chi connectivity index (χ4n) is 16.9. The number of benzene rings is 7. The number of nitriles is 3. The number of unbranched alkanes of at least 4 members (excludes halogenated alkanes) is 4. The monoisotopic (exact) mass is 1490 g/mol. The highest BCUT2D eigenvalue weighted by Crippen LogP contribution is 2.66. The quantitative estimate of drug-likeness (QED) is 0.0218. The summed E-state index contributed by atoms with van der Waals surface area (Å²) in [5.41, 5.74) is 10.8. The van der Waals surface area contributed by atoms with Gasteiger partial charge in [-0.15, -0.1) is 22.7 Å². The van der Waals surface area contributed by atoms with E-state index in [0.29, 0.717) is 89.1 Å². The van der Waals surface area contributed by atoms with Crippen molar-refractivity contribution in [3.63, 3.8) is 0 Å². The molecule has 0 fully saturated rings. The molecular formula is C98H98N4O6S2. The minimum atomic E-state index is -1.05. The molecule has 0 amide bonds. The van der Waals surface area contributed by atoms with E-state index in [2.05, 4.69) is 200 Å². The normalized spacial score (nSPS) is 17.9. The number of thiophene rings is 2. The lowest BCUT2D eigenvalue weighted by Crippen LogP contribution is -2.29. The van der Waals surface area contributed by atoms with E-state index in [9.17, 15) is 25.4 Å². The Bertz CT molecular complexity index is 4710. The average Bonchev–Trinajstić information content (AvgIpc) is 1.50. The average molecular weight is 1490 g/mol. The van der Waals surface area contributed by atoms with Gasteiger partial charge in [0, 0.05) is 52.9 Å². The van der Waals surface area contributed by atoms with Crippen molar-refractivity contribution < 1.29 is 28.5 Å². The molecule has 4 unspecified atom stereocenters. The van der Waals surface area contributed by atoms with Gasteiger partial charge in [0.2, 0.25) is 0 Å². The van der Waals surface area contributed by atoms with Crippen molar-refractivity contribution in [3.05, 3.63) is 279 Å². The molecule has 4 atom stereocenters. The Morgan fingerprint density at radius 2 is 0.718 bits per heavy atom. The maximum atomic E-state index is 15.0. The predicted octanol–water partition coefficient (Wildman–Crippen LogP) is 25.4. The number of carbonyl (C=O) groups is 2. The molecule has 4 aliphatic rings. The molecule has 12 heteroatoms. The Morgan fingerprint density at radius 1 is 0.409 bits per heavy atom. The SMILES string of the molecule is [C-]#[N+]/C(C#N)=C1/C(=C/c2cc3c(s2)C(c2ccc(OCC(CC)CCCC)cc2)(c2ccc(OCC(CC)CCCC)cc2)c2cc4c(cc2-3)C(c2ccc(OCC(CC)CCCC)cc2)(c2ccc(OCC(CC)CCCC)cc2)c2sc(/C=C3\C(=O)c5ccccc5C3=C(C#N)C#N)cc2-4)C(=O)c2ccccc21. The number of hydrogen-bond donors (Lipinski definition) is 0. The molecule has 10 nitrogen and oxygen atoms in total. The second kappa shape index (κ2) is 35.0. The van der Waals surface area contributed by atoms with E-state index < -0.39 is 10.8 Å². The first kappa shape index (κ1) is 77.6. The van der Waals surface area contributed by atoms with Gasteiger partial charge in [0.25, 0.3) is 5.70 Å². The van der Waals surface area contributed by atoms with Crippen molar-refractivity contribution in [2.75, 3.05) is 26.4 Å². The van der Waals surface area contributed by atoms with Crippen LogP contribution in [0.25, 0.3) is 50.4 Å². The Balaban J connectivity index is 1.10. The molecular weight excluding hydrogens is 1390 g/mol. The van der Waals surface area contributed by atoms with Crippen LogP contribution < -0.4 is 18.9 Å². The Labute approximate surface area is 658 Å². The minimum absolute atomic E-state index is 0.131. The molecule has 0 aliphatic heterocycles. The van der Waals surface area contributed by atoms with Crippen molar-refractivity contribution >= 4 is 57.5 Å². The van der Waals surface area contributed by atoms with E-state index >= 15 is 0 Å². The molecule has 0 saturated carbocycles. The third-order valence-electron chi connectivity index (χ3n) is 23.4. The van der Waals surface area contributed by atoms with Gasteiger partial charge in [-0.2, -0.15) is 10.5 Å².